The molecule has 1 aromatic heterocycles. The Bertz CT molecular complexity index is 518. The summed E-state index contributed by atoms with van der Waals surface area (Å²) in [6.07, 6.45) is 7.52. The van der Waals surface area contributed by atoms with Gasteiger partial charge >= 0.3 is 0 Å². The van der Waals surface area contributed by atoms with E-state index in [2.05, 4.69) is 22.7 Å². The highest BCUT2D eigenvalue weighted by molar-refractivity contribution is 7.99. The largest absolute Gasteiger partial charge is 0.352 e. The summed E-state index contributed by atoms with van der Waals surface area (Å²) in [5.41, 5.74) is 1.17. The van der Waals surface area contributed by atoms with E-state index in [1.807, 2.05) is 35.9 Å². The summed E-state index contributed by atoms with van der Waals surface area (Å²) < 4.78 is 1.81. The summed E-state index contributed by atoms with van der Waals surface area (Å²) in [4.78, 5) is 12.8. The van der Waals surface area contributed by atoms with E-state index in [0.717, 1.165) is 25.3 Å². The minimum Gasteiger partial charge on any atom is -0.352 e. The Hall–Kier alpha value is -1.01. The van der Waals surface area contributed by atoms with Crippen LogP contribution < -0.4 is 10.6 Å². The van der Waals surface area contributed by atoms with Crippen LogP contribution in [0, 0.1) is 5.92 Å². The van der Waals surface area contributed by atoms with Crippen LogP contribution in [0.15, 0.2) is 12.4 Å². The van der Waals surface area contributed by atoms with Crippen LogP contribution in [-0.4, -0.2) is 45.8 Å². The van der Waals surface area contributed by atoms with Crippen LogP contribution in [0.5, 0.6) is 0 Å². The van der Waals surface area contributed by atoms with Crippen molar-refractivity contribution in [2.75, 3.05) is 18.8 Å². The number of amides is 1. The first-order valence-corrected chi connectivity index (χ1v) is 9.35. The fraction of sp³-hybridized carbons (Fsp3) is 0.750. The number of hydrogen-bond acceptors (Lipinski definition) is 4. The van der Waals surface area contributed by atoms with Gasteiger partial charge in [-0.15, -0.1) is 0 Å². The molecule has 2 unspecified atom stereocenters. The number of carbonyl (C=O) groups is 1. The van der Waals surface area contributed by atoms with Gasteiger partial charge in [0.05, 0.1) is 12.1 Å². The van der Waals surface area contributed by atoms with Crippen molar-refractivity contribution in [1.82, 2.24) is 20.4 Å². The Balaban J connectivity index is 1.63. The van der Waals surface area contributed by atoms with E-state index in [0.29, 0.717) is 11.3 Å². The van der Waals surface area contributed by atoms with Gasteiger partial charge in [0.1, 0.15) is 0 Å². The van der Waals surface area contributed by atoms with Gasteiger partial charge in [-0.1, -0.05) is 13.3 Å². The van der Waals surface area contributed by atoms with Crippen LogP contribution in [0.4, 0.5) is 0 Å². The van der Waals surface area contributed by atoms with E-state index < -0.39 is 0 Å². The van der Waals surface area contributed by atoms with E-state index in [1.165, 1.54) is 18.4 Å². The average molecular weight is 322 g/mol. The quantitative estimate of drug-likeness (QED) is 0.863. The second kappa shape index (κ2) is 7.04. The second-order valence-corrected chi connectivity index (χ2v) is 7.87. The lowest BCUT2D eigenvalue weighted by Crippen LogP contribution is -2.43. The fourth-order valence-corrected chi connectivity index (χ4v) is 4.93. The van der Waals surface area contributed by atoms with E-state index >= 15 is 0 Å². The standard InChI is InChI=1S/C16H26N4OS/c1-3-22-15-6-4-5-14(15)19-16(21)13-9-17-8-12(13)11-7-18-20(2)10-11/h7,10,12-15,17H,3-6,8-9H2,1-2H3,(H,19,21)/t12-,13+,14?,15?/m1/s1. The molecule has 2 N–H and O–H groups in total. The summed E-state index contributed by atoms with van der Waals surface area (Å²) in [5.74, 6) is 1.61. The zero-order valence-corrected chi connectivity index (χ0v) is 14.2. The van der Waals surface area contributed by atoms with E-state index in [4.69, 9.17) is 0 Å². The molecule has 4 atom stereocenters. The first-order valence-electron chi connectivity index (χ1n) is 8.30. The lowest BCUT2D eigenvalue weighted by Gasteiger charge is -2.24. The molecular formula is C16H26N4OS. The first-order chi connectivity index (χ1) is 10.7. The topological polar surface area (TPSA) is 59.0 Å². The number of thioether (sulfide) groups is 1. The van der Waals surface area contributed by atoms with E-state index in [1.54, 1.807) is 0 Å². The van der Waals surface area contributed by atoms with Crippen molar-refractivity contribution in [2.24, 2.45) is 13.0 Å². The SMILES string of the molecule is CCSC1CCCC1NC(=O)[C@H]1CNC[C@@H]1c1cnn(C)c1. The monoisotopic (exact) mass is 322 g/mol. The molecule has 1 aliphatic carbocycles. The maximum absolute atomic E-state index is 12.8. The van der Waals surface area contributed by atoms with Gasteiger partial charge in [-0.05, 0) is 24.2 Å². The minimum atomic E-state index is 0.0251. The summed E-state index contributed by atoms with van der Waals surface area (Å²) in [6, 6.07) is 0.354. The van der Waals surface area contributed by atoms with Crippen LogP contribution in [0.3, 0.4) is 0 Å². The number of aromatic nitrogens is 2. The Labute approximate surface area is 136 Å². The van der Waals surface area contributed by atoms with Crippen molar-refractivity contribution in [3.05, 3.63) is 18.0 Å². The van der Waals surface area contributed by atoms with Crippen LogP contribution >= 0.6 is 11.8 Å². The molecule has 1 aromatic rings. The molecule has 5 nitrogen and oxygen atoms in total. The molecule has 22 heavy (non-hydrogen) atoms. The fourth-order valence-electron chi connectivity index (χ4n) is 3.73. The molecular weight excluding hydrogens is 296 g/mol. The van der Waals surface area contributed by atoms with Crippen LogP contribution in [0.25, 0.3) is 0 Å². The molecule has 1 saturated carbocycles. The van der Waals surface area contributed by atoms with Gasteiger partial charge in [0.25, 0.3) is 0 Å². The molecule has 3 rings (SSSR count). The zero-order chi connectivity index (χ0) is 15.5. The number of nitrogens with one attached hydrogen (secondary N) is 2. The van der Waals surface area contributed by atoms with Crippen molar-refractivity contribution in [3.8, 4) is 0 Å². The molecule has 2 heterocycles. The number of aryl methyl sites for hydroxylation is 1. The molecule has 122 valence electrons. The van der Waals surface area contributed by atoms with Gasteiger partial charge < -0.3 is 10.6 Å². The smallest absolute Gasteiger partial charge is 0.225 e. The van der Waals surface area contributed by atoms with Crippen molar-refractivity contribution in [1.29, 1.82) is 0 Å². The summed E-state index contributed by atoms with van der Waals surface area (Å²) >= 11 is 1.99. The number of carbonyl (C=O) groups excluding carboxylic acids is 1. The lowest BCUT2D eigenvalue weighted by molar-refractivity contribution is -0.125. The second-order valence-electron chi connectivity index (χ2n) is 6.36. The third-order valence-corrected chi connectivity index (χ3v) is 6.19. The molecule has 1 saturated heterocycles. The molecule has 2 fully saturated rings. The highest BCUT2D eigenvalue weighted by atomic mass is 32.2. The maximum atomic E-state index is 12.8. The van der Waals surface area contributed by atoms with Crippen molar-refractivity contribution < 1.29 is 4.79 Å². The van der Waals surface area contributed by atoms with E-state index in [9.17, 15) is 4.79 Å². The summed E-state index contributed by atoms with van der Waals surface area (Å²) in [6.45, 7) is 3.83. The van der Waals surface area contributed by atoms with Gasteiger partial charge in [-0.25, -0.2) is 0 Å². The maximum Gasteiger partial charge on any atom is 0.225 e. The Morgan fingerprint density at radius 1 is 1.50 bits per heavy atom. The van der Waals surface area contributed by atoms with Gasteiger partial charge in [0, 0.05) is 43.5 Å². The summed E-state index contributed by atoms with van der Waals surface area (Å²) in [7, 11) is 1.92. The molecule has 2 aliphatic rings. The van der Waals surface area contributed by atoms with Crippen molar-refractivity contribution in [2.45, 2.75) is 43.4 Å². The number of hydrogen-bond donors (Lipinski definition) is 2. The first kappa shape index (κ1) is 15.9. The van der Waals surface area contributed by atoms with Crippen molar-refractivity contribution >= 4 is 17.7 Å². The Morgan fingerprint density at radius 3 is 3.09 bits per heavy atom. The Morgan fingerprint density at radius 2 is 2.36 bits per heavy atom. The highest BCUT2D eigenvalue weighted by Crippen LogP contribution is 2.32. The van der Waals surface area contributed by atoms with Crippen LogP contribution in [0.2, 0.25) is 0 Å². The van der Waals surface area contributed by atoms with Crippen LogP contribution in [-0.2, 0) is 11.8 Å². The molecule has 0 spiro atoms. The lowest BCUT2D eigenvalue weighted by atomic mass is 9.90. The van der Waals surface area contributed by atoms with Gasteiger partial charge in [0.15, 0.2) is 0 Å². The Kier molecular flexibility index (Phi) is 5.08. The van der Waals surface area contributed by atoms with Gasteiger partial charge in [0.2, 0.25) is 5.91 Å². The molecule has 1 aliphatic heterocycles. The zero-order valence-electron chi connectivity index (χ0n) is 13.4. The molecule has 0 radical (unpaired) electrons. The average Bonchev–Trinajstić information content (AvgIpc) is 3.20. The molecule has 6 heteroatoms. The predicted octanol–water partition coefficient (Wildman–Crippen LogP) is 1.51. The van der Waals surface area contributed by atoms with Gasteiger partial charge in [-0.3, -0.25) is 9.48 Å². The third kappa shape index (κ3) is 3.33. The third-order valence-electron chi connectivity index (χ3n) is 4.86. The normalized spacial score (nSPS) is 31.5. The number of rotatable bonds is 5. The van der Waals surface area contributed by atoms with E-state index in [-0.39, 0.29) is 17.7 Å². The minimum absolute atomic E-state index is 0.0251. The summed E-state index contributed by atoms with van der Waals surface area (Å²) in [5, 5.41) is 11.6. The highest BCUT2D eigenvalue weighted by Gasteiger charge is 2.37. The molecule has 1 amide bonds. The van der Waals surface area contributed by atoms with Crippen LogP contribution in [0.1, 0.15) is 37.7 Å². The molecule has 0 bridgehead atoms. The van der Waals surface area contributed by atoms with Crippen molar-refractivity contribution in [3.63, 3.8) is 0 Å². The predicted molar refractivity (Wildman–Crippen MR) is 90.0 cm³/mol. The number of nitrogens with zero attached hydrogens (tertiary/aromatic N) is 2. The van der Waals surface area contributed by atoms with Gasteiger partial charge in [-0.2, -0.15) is 16.9 Å². The molecule has 0 aromatic carbocycles.